The number of methoxy groups -OCH3 is 2. The second-order valence-electron chi connectivity index (χ2n) is 8.40. The summed E-state index contributed by atoms with van der Waals surface area (Å²) in [6.07, 6.45) is 7.48. The molecule has 2 aromatic rings. The molecule has 7 heteroatoms. The SMILES string of the molecule is COc1cccc(COc2c(C(=O)NC3C4CC=C5C(C4)CC53)cnn2C)c1OC. The molecule has 4 aliphatic carbocycles. The van der Waals surface area contributed by atoms with Crippen molar-refractivity contribution in [3.63, 3.8) is 0 Å². The Morgan fingerprint density at radius 1 is 1.27 bits per heavy atom. The molecule has 4 bridgehead atoms. The quantitative estimate of drug-likeness (QED) is 0.712. The Hall–Kier alpha value is -2.96. The Kier molecular flexibility index (Phi) is 4.68. The molecule has 4 aliphatic rings. The van der Waals surface area contributed by atoms with Crippen molar-refractivity contribution in [1.29, 1.82) is 0 Å². The Morgan fingerprint density at radius 3 is 2.83 bits per heavy atom. The monoisotopic (exact) mass is 409 g/mol. The second kappa shape index (κ2) is 7.38. The standard InChI is InChI=1S/C23H27N3O4/c1-26-23(30-12-14-5-4-6-19(28-2)21(14)29-3)18(11-24-26)22(27)25-20-13-7-8-16-15(9-13)10-17(16)20/h4-6,8,11,13,15,17,20H,7,9-10,12H2,1-3H3,(H,25,27). The Morgan fingerprint density at radius 2 is 2.13 bits per heavy atom. The summed E-state index contributed by atoms with van der Waals surface area (Å²) < 4.78 is 18.5. The number of ether oxygens (including phenoxy) is 3. The zero-order valence-electron chi connectivity index (χ0n) is 17.6. The van der Waals surface area contributed by atoms with Crippen molar-refractivity contribution in [3.8, 4) is 17.4 Å². The summed E-state index contributed by atoms with van der Waals surface area (Å²) in [5.41, 5.74) is 2.86. The fourth-order valence-corrected chi connectivity index (χ4v) is 5.41. The van der Waals surface area contributed by atoms with Gasteiger partial charge in [0.2, 0.25) is 5.88 Å². The van der Waals surface area contributed by atoms with Crippen LogP contribution in [0.3, 0.4) is 0 Å². The number of allylic oxidation sites excluding steroid dienone is 1. The minimum Gasteiger partial charge on any atom is -0.493 e. The van der Waals surface area contributed by atoms with Crippen molar-refractivity contribution in [2.24, 2.45) is 24.8 Å². The predicted octanol–water partition coefficient (Wildman–Crippen LogP) is 3.10. The number of aromatic nitrogens is 2. The Labute approximate surface area is 176 Å². The van der Waals surface area contributed by atoms with Crippen LogP contribution < -0.4 is 19.5 Å². The molecule has 6 rings (SSSR count). The van der Waals surface area contributed by atoms with Crippen LogP contribution in [0.15, 0.2) is 36.0 Å². The molecule has 4 atom stereocenters. The number of hydrogen-bond donors (Lipinski definition) is 1. The number of fused-ring (bicyclic) bond motifs is 1. The number of rotatable bonds is 7. The zero-order chi connectivity index (χ0) is 20.8. The highest BCUT2D eigenvalue weighted by molar-refractivity contribution is 5.96. The van der Waals surface area contributed by atoms with Gasteiger partial charge >= 0.3 is 0 Å². The van der Waals surface area contributed by atoms with Gasteiger partial charge in [-0.05, 0) is 37.2 Å². The predicted molar refractivity (Wildman–Crippen MR) is 111 cm³/mol. The van der Waals surface area contributed by atoms with E-state index >= 15 is 0 Å². The van der Waals surface area contributed by atoms with Gasteiger partial charge in [-0.25, -0.2) is 4.68 Å². The smallest absolute Gasteiger partial charge is 0.258 e. The first-order chi connectivity index (χ1) is 14.6. The number of aryl methyl sites for hydroxylation is 1. The fourth-order valence-electron chi connectivity index (χ4n) is 5.41. The third-order valence-corrected chi connectivity index (χ3v) is 6.90. The van der Waals surface area contributed by atoms with Crippen LogP contribution in [0.4, 0.5) is 0 Å². The van der Waals surface area contributed by atoms with Gasteiger partial charge < -0.3 is 19.5 Å². The molecule has 0 saturated heterocycles. The summed E-state index contributed by atoms with van der Waals surface area (Å²) in [5, 5.41) is 7.55. The number of nitrogens with one attached hydrogen (secondary N) is 1. The molecule has 1 aromatic carbocycles. The second-order valence-corrected chi connectivity index (χ2v) is 8.40. The molecule has 2 fully saturated rings. The van der Waals surface area contributed by atoms with Crippen molar-refractivity contribution in [2.75, 3.05) is 14.2 Å². The van der Waals surface area contributed by atoms with Gasteiger partial charge in [0, 0.05) is 24.6 Å². The average molecular weight is 409 g/mol. The summed E-state index contributed by atoms with van der Waals surface area (Å²) in [5.74, 6) is 3.45. The van der Waals surface area contributed by atoms with Gasteiger partial charge in [0.15, 0.2) is 11.5 Å². The van der Waals surface area contributed by atoms with Crippen LogP contribution >= 0.6 is 0 Å². The first-order valence-corrected chi connectivity index (χ1v) is 10.5. The van der Waals surface area contributed by atoms with E-state index in [-0.39, 0.29) is 18.6 Å². The van der Waals surface area contributed by atoms with Crippen molar-refractivity contribution < 1.29 is 19.0 Å². The van der Waals surface area contributed by atoms with Crippen molar-refractivity contribution in [2.45, 2.75) is 31.9 Å². The number of nitrogens with zero attached hydrogens (tertiary/aromatic N) is 2. The first-order valence-electron chi connectivity index (χ1n) is 10.5. The van der Waals surface area contributed by atoms with E-state index in [1.807, 2.05) is 18.2 Å². The molecular weight excluding hydrogens is 382 g/mol. The minimum atomic E-state index is -0.114. The number of benzene rings is 1. The third kappa shape index (κ3) is 2.95. The van der Waals surface area contributed by atoms with Crippen LogP contribution in [0, 0.1) is 17.8 Å². The molecular formula is C23H27N3O4. The fraction of sp³-hybridized carbons (Fsp3) is 0.478. The van der Waals surface area contributed by atoms with E-state index in [1.165, 1.54) is 12.8 Å². The van der Waals surface area contributed by atoms with Crippen molar-refractivity contribution in [1.82, 2.24) is 15.1 Å². The van der Waals surface area contributed by atoms with Gasteiger partial charge in [0.05, 0.1) is 20.4 Å². The maximum absolute atomic E-state index is 13.1. The largest absolute Gasteiger partial charge is 0.493 e. The molecule has 0 aliphatic heterocycles. The molecule has 4 unspecified atom stereocenters. The summed E-state index contributed by atoms with van der Waals surface area (Å²) in [7, 11) is 4.98. The third-order valence-electron chi connectivity index (χ3n) is 6.90. The highest BCUT2D eigenvalue weighted by atomic mass is 16.5. The summed E-state index contributed by atoms with van der Waals surface area (Å²) >= 11 is 0. The van der Waals surface area contributed by atoms with Gasteiger partial charge in [0.25, 0.3) is 5.91 Å². The molecule has 2 saturated carbocycles. The molecule has 0 spiro atoms. The topological polar surface area (TPSA) is 74.6 Å². The molecule has 1 heterocycles. The van der Waals surface area contributed by atoms with E-state index in [1.54, 1.807) is 37.7 Å². The van der Waals surface area contributed by atoms with Gasteiger partial charge in [-0.2, -0.15) is 5.10 Å². The van der Waals surface area contributed by atoms with E-state index in [2.05, 4.69) is 16.5 Å². The maximum Gasteiger partial charge on any atom is 0.258 e. The Balaban J connectivity index is 1.32. The lowest BCUT2D eigenvalue weighted by atomic mass is 9.51. The number of amides is 1. The van der Waals surface area contributed by atoms with Gasteiger partial charge in [-0.15, -0.1) is 0 Å². The lowest BCUT2D eigenvalue weighted by Gasteiger charge is -2.56. The van der Waals surface area contributed by atoms with Gasteiger partial charge in [-0.3, -0.25) is 4.79 Å². The minimum absolute atomic E-state index is 0.114. The highest BCUT2D eigenvalue weighted by Gasteiger charge is 2.52. The first kappa shape index (κ1) is 19.0. The van der Waals surface area contributed by atoms with Crippen LogP contribution in [-0.4, -0.2) is 35.9 Å². The number of hydrogen-bond acceptors (Lipinski definition) is 5. The average Bonchev–Trinajstić information content (AvgIpc) is 3.12. The van der Waals surface area contributed by atoms with E-state index in [9.17, 15) is 4.79 Å². The van der Waals surface area contributed by atoms with E-state index in [0.717, 1.165) is 17.9 Å². The number of carbonyl (C=O) groups is 1. The summed E-state index contributed by atoms with van der Waals surface area (Å²) in [6.45, 7) is 0.240. The number of para-hydroxylation sites is 1. The molecule has 1 amide bonds. The molecule has 1 N–H and O–H groups in total. The van der Waals surface area contributed by atoms with E-state index < -0.39 is 0 Å². The normalized spacial score (nSPS) is 25.9. The zero-order valence-corrected chi connectivity index (χ0v) is 17.6. The lowest BCUT2D eigenvalue weighted by Crippen LogP contribution is -2.58. The summed E-state index contributed by atoms with van der Waals surface area (Å²) in [4.78, 5) is 13.1. The van der Waals surface area contributed by atoms with Crippen LogP contribution in [0.2, 0.25) is 0 Å². The lowest BCUT2D eigenvalue weighted by molar-refractivity contribution is 0.0624. The van der Waals surface area contributed by atoms with Gasteiger partial charge in [0.1, 0.15) is 12.2 Å². The van der Waals surface area contributed by atoms with E-state index in [4.69, 9.17) is 14.2 Å². The molecule has 7 nitrogen and oxygen atoms in total. The number of carbonyl (C=O) groups excluding carboxylic acids is 1. The van der Waals surface area contributed by atoms with Crippen LogP contribution in [0.5, 0.6) is 17.4 Å². The van der Waals surface area contributed by atoms with Crippen LogP contribution in [0.25, 0.3) is 0 Å². The van der Waals surface area contributed by atoms with Crippen LogP contribution in [0.1, 0.15) is 35.2 Å². The molecule has 30 heavy (non-hydrogen) atoms. The summed E-state index contributed by atoms with van der Waals surface area (Å²) in [6, 6.07) is 5.87. The van der Waals surface area contributed by atoms with Gasteiger partial charge in [-0.1, -0.05) is 23.8 Å². The molecule has 158 valence electrons. The maximum atomic E-state index is 13.1. The molecule has 0 radical (unpaired) electrons. The highest BCUT2D eigenvalue weighted by Crippen LogP contribution is 2.57. The Bertz CT molecular complexity index is 1010. The van der Waals surface area contributed by atoms with Crippen molar-refractivity contribution >= 4 is 5.91 Å². The van der Waals surface area contributed by atoms with E-state index in [0.29, 0.717) is 34.8 Å². The molecule has 1 aromatic heterocycles. The van der Waals surface area contributed by atoms with Crippen LogP contribution in [-0.2, 0) is 13.7 Å². The van der Waals surface area contributed by atoms with Crippen molar-refractivity contribution in [3.05, 3.63) is 47.2 Å².